The zero-order valence-corrected chi connectivity index (χ0v) is 8.48. The fraction of sp³-hybridized carbons (Fsp3) is 0.400. The van der Waals surface area contributed by atoms with E-state index in [9.17, 15) is 9.50 Å². The van der Waals surface area contributed by atoms with Gasteiger partial charge in [-0.1, -0.05) is 6.07 Å². The van der Waals surface area contributed by atoms with Crippen molar-refractivity contribution in [2.75, 3.05) is 0 Å². The van der Waals surface area contributed by atoms with Crippen molar-refractivity contribution in [2.45, 2.75) is 26.3 Å². The van der Waals surface area contributed by atoms with Gasteiger partial charge in [0.25, 0.3) is 0 Å². The van der Waals surface area contributed by atoms with E-state index in [4.69, 9.17) is 0 Å². The Morgan fingerprint density at radius 2 is 1.92 bits per heavy atom. The summed E-state index contributed by atoms with van der Waals surface area (Å²) < 4.78 is 13.4. The van der Waals surface area contributed by atoms with Gasteiger partial charge in [-0.25, -0.2) is 4.39 Å². The van der Waals surface area contributed by atoms with Crippen molar-refractivity contribution in [3.8, 4) is 0 Å². The van der Waals surface area contributed by atoms with E-state index < -0.39 is 5.50 Å². The van der Waals surface area contributed by atoms with Crippen LogP contribution >= 0.6 is 0 Å². The molecule has 0 amide bonds. The monoisotopic (exact) mass is 180 g/mol. The SMILES string of the molecule is BC(C)(O)c1c(C)cc(C)cc1F. The quantitative estimate of drug-likeness (QED) is 0.644. The summed E-state index contributed by atoms with van der Waals surface area (Å²) in [6, 6.07) is 3.32. The number of aliphatic hydroxyl groups is 1. The first-order valence-corrected chi connectivity index (χ1v) is 4.32. The van der Waals surface area contributed by atoms with Crippen molar-refractivity contribution < 1.29 is 9.50 Å². The molecule has 13 heavy (non-hydrogen) atoms. The minimum absolute atomic E-state index is 0.329. The number of benzene rings is 1. The van der Waals surface area contributed by atoms with Gasteiger partial charge in [0, 0.05) is 5.56 Å². The zero-order chi connectivity index (χ0) is 10.2. The third-order valence-corrected chi connectivity index (χ3v) is 2.04. The first kappa shape index (κ1) is 10.3. The summed E-state index contributed by atoms with van der Waals surface area (Å²) in [6.07, 6.45) is 0. The van der Waals surface area contributed by atoms with E-state index >= 15 is 0 Å². The van der Waals surface area contributed by atoms with E-state index in [1.54, 1.807) is 14.8 Å². The fourth-order valence-electron chi connectivity index (χ4n) is 1.69. The highest BCUT2D eigenvalue weighted by Crippen LogP contribution is 2.25. The summed E-state index contributed by atoms with van der Waals surface area (Å²) in [5.74, 6) is -0.329. The van der Waals surface area contributed by atoms with Gasteiger partial charge in [0.2, 0.25) is 0 Å². The van der Waals surface area contributed by atoms with Gasteiger partial charge in [-0.3, -0.25) is 0 Å². The van der Waals surface area contributed by atoms with Crippen molar-refractivity contribution in [3.05, 3.63) is 34.6 Å². The fourth-order valence-corrected chi connectivity index (χ4v) is 1.69. The smallest absolute Gasteiger partial charge is 0.148 e. The summed E-state index contributed by atoms with van der Waals surface area (Å²) in [4.78, 5) is 0. The Morgan fingerprint density at radius 1 is 1.38 bits per heavy atom. The van der Waals surface area contributed by atoms with Gasteiger partial charge >= 0.3 is 0 Å². The maximum atomic E-state index is 13.4. The van der Waals surface area contributed by atoms with Crippen molar-refractivity contribution in [3.63, 3.8) is 0 Å². The van der Waals surface area contributed by atoms with E-state index in [2.05, 4.69) is 0 Å². The average Bonchev–Trinajstić information content (AvgIpc) is 1.78. The number of rotatable bonds is 1. The maximum absolute atomic E-state index is 13.4. The van der Waals surface area contributed by atoms with Gasteiger partial charge < -0.3 is 5.11 Å². The Balaban J connectivity index is 3.38. The van der Waals surface area contributed by atoms with Crippen LogP contribution in [-0.2, 0) is 5.50 Å². The topological polar surface area (TPSA) is 20.2 Å². The van der Waals surface area contributed by atoms with E-state index in [-0.39, 0.29) is 5.82 Å². The molecule has 1 rings (SSSR count). The maximum Gasteiger partial charge on any atom is 0.148 e. The molecule has 0 aliphatic carbocycles. The summed E-state index contributed by atoms with van der Waals surface area (Å²) in [7, 11) is 1.59. The van der Waals surface area contributed by atoms with E-state index in [0.717, 1.165) is 11.1 Å². The molecule has 1 aromatic rings. The molecule has 1 nitrogen and oxygen atoms in total. The highest BCUT2D eigenvalue weighted by atomic mass is 19.1. The predicted octanol–water partition coefficient (Wildman–Crippen LogP) is 1.24. The molecule has 0 heterocycles. The molecule has 0 saturated carbocycles. The molecule has 1 atom stereocenters. The van der Waals surface area contributed by atoms with Crippen LogP contribution in [0.15, 0.2) is 12.1 Å². The normalized spacial score (nSPS) is 15.5. The van der Waals surface area contributed by atoms with Gasteiger partial charge in [-0.2, -0.15) is 0 Å². The van der Waals surface area contributed by atoms with E-state index in [1.165, 1.54) is 6.07 Å². The van der Waals surface area contributed by atoms with Gasteiger partial charge in [0.15, 0.2) is 0 Å². The average molecular weight is 180 g/mol. The van der Waals surface area contributed by atoms with Crippen molar-refractivity contribution in [1.82, 2.24) is 0 Å². The van der Waals surface area contributed by atoms with Crippen LogP contribution in [0.1, 0.15) is 23.6 Å². The highest BCUT2D eigenvalue weighted by Gasteiger charge is 2.22. The molecule has 3 heteroatoms. The molecule has 1 N–H and O–H groups in total. The standard InChI is InChI=1S/C10H14BFO/c1-6-4-7(2)9(8(12)5-6)10(3,11)13/h4-5,13H,11H2,1-3H3. The third kappa shape index (κ3) is 2.10. The first-order chi connectivity index (χ1) is 5.82. The summed E-state index contributed by atoms with van der Waals surface area (Å²) >= 11 is 0. The molecule has 1 aromatic carbocycles. The first-order valence-electron chi connectivity index (χ1n) is 4.32. The molecule has 0 saturated heterocycles. The lowest BCUT2D eigenvalue weighted by molar-refractivity contribution is 0.144. The largest absolute Gasteiger partial charge is 0.395 e. The minimum atomic E-state index is -1.11. The van der Waals surface area contributed by atoms with Gasteiger partial charge in [0.1, 0.15) is 13.7 Å². The van der Waals surface area contributed by atoms with Crippen molar-refractivity contribution in [2.24, 2.45) is 0 Å². The molecule has 1 unspecified atom stereocenters. The lowest BCUT2D eigenvalue weighted by atomic mass is 9.75. The molecule has 0 aliphatic heterocycles. The Morgan fingerprint density at radius 3 is 2.31 bits per heavy atom. The molecular weight excluding hydrogens is 166 g/mol. The lowest BCUT2D eigenvalue weighted by Gasteiger charge is -2.21. The Kier molecular flexibility index (Phi) is 2.48. The molecule has 0 bridgehead atoms. The molecule has 0 aliphatic rings. The van der Waals surface area contributed by atoms with Crippen LogP contribution in [0, 0.1) is 19.7 Å². The van der Waals surface area contributed by atoms with Crippen molar-refractivity contribution >= 4 is 7.85 Å². The number of aryl methyl sites for hydroxylation is 2. The second-order valence-corrected chi connectivity index (χ2v) is 4.00. The second kappa shape index (κ2) is 3.15. The van der Waals surface area contributed by atoms with Crippen LogP contribution in [0.2, 0.25) is 0 Å². The molecule has 0 spiro atoms. The molecule has 70 valence electrons. The molecule has 0 aromatic heterocycles. The third-order valence-electron chi connectivity index (χ3n) is 2.04. The lowest BCUT2D eigenvalue weighted by Crippen LogP contribution is -2.24. The van der Waals surface area contributed by atoms with E-state index in [0.29, 0.717) is 5.56 Å². The van der Waals surface area contributed by atoms with Gasteiger partial charge in [-0.05, 0) is 38.0 Å². The van der Waals surface area contributed by atoms with Gasteiger partial charge in [-0.15, -0.1) is 0 Å². The predicted molar refractivity (Wildman–Crippen MR) is 54.0 cm³/mol. The number of halogens is 1. The zero-order valence-electron chi connectivity index (χ0n) is 8.48. The van der Waals surface area contributed by atoms with Crippen LogP contribution in [-0.4, -0.2) is 13.0 Å². The summed E-state index contributed by atoms with van der Waals surface area (Å²) in [5, 5.41) is 9.70. The van der Waals surface area contributed by atoms with Crippen LogP contribution in [0.5, 0.6) is 0 Å². The number of hydrogen-bond donors (Lipinski definition) is 1. The number of hydrogen-bond acceptors (Lipinski definition) is 1. The summed E-state index contributed by atoms with van der Waals surface area (Å²) in [6.45, 7) is 5.24. The van der Waals surface area contributed by atoms with Crippen LogP contribution < -0.4 is 0 Å². The molecule has 0 radical (unpaired) electrons. The summed E-state index contributed by atoms with van der Waals surface area (Å²) in [5.41, 5.74) is 0.952. The molecule has 0 fully saturated rings. The Hall–Kier alpha value is -0.825. The molecular formula is C10H14BFO. The van der Waals surface area contributed by atoms with Crippen molar-refractivity contribution in [1.29, 1.82) is 0 Å². The highest BCUT2D eigenvalue weighted by molar-refractivity contribution is 6.14. The van der Waals surface area contributed by atoms with E-state index in [1.807, 2.05) is 19.9 Å². The van der Waals surface area contributed by atoms with Gasteiger partial charge in [0.05, 0.1) is 5.50 Å². The van der Waals surface area contributed by atoms with Crippen LogP contribution in [0.4, 0.5) is 4.39 Å². The Labute approximate surface area is 79.0 Å². The Bertz CT molecular complexity index is 305. The van der Waals surface area contributed by atoms with Crippen LogP contribution in [0.3, 0.4) is 0 Å². The minimum Gasteiger partial charge on any atom is -0.395 e. The second-order valence-electron chi connectivity index (χ2n) is 4.00. The van der Waals surface area contributed by atoms with Crippen LogP contribution in [0.25, 0.3) is 0 Å².